The first-order valence-electron chi connectivity index (χ1n) is 15.1. The van der Waals surface area contributed by atoms with Crippen LogP contribution in [-0.4, -0.2) is 69.2 Å². The van der Waals surface area contributed by atoms with Gasteiger partial charge in [0.2, 0.25) is 0 Å². The highest BCUT2D eigenvalue weighted by molar-refractivity contribution is 6.05. The number of nitrogens with zero attached hydrogens (tertiary/aromatic N) is 6. The van der Waals surface area contributed by atoms with Gasteiger partial charge in [0, 0.05) is 41.4 Å². The van der Waals surface area contributed by atoms with E-state index in [1.807, 2.05) is 36.2 Å². The molecule has 236 valence electrons. The van der Waals surface area contributed by atoms with Gasteiger partial charge in [-0.15, -0.1) is 0 Å². The molecule has 13 heteroatoms. The van der Waals surface area contributed by atoms with Gasteiger partial charge in [-0.1, -0.05) is 0 Å². The number of carbonyl (C=O) groups is 1. The van der Waals surface area contributed by atoms with Gasteiger partial charge in [0.1, 0.15) is 41.5 Å². The second-order valence-electron chi connectivity index (χ2n) is 11.5. The molecule has 1 aliphatic heterocycles. The largest absolute Gasteiger partial charge is 0.494 e. The van der Waals surface area contributed by atoms with Crippen molar-refractivity contribution in [3.63, 3.8) is 0 Å². The summed E-state index contributed by atoms with van der Waals surface area (Å²) >= 11 is 0. The number of benzene rings is 2. The third-order valence-electron chi connectivity index (χ3n) is 8.42. The predicted octanol–water partition coefficient (Wildman–Crippen LogP) is 5.99. The third-order valence-corrected chi connectivity index (χ3v) is 8.42. The van der Waals surface area contributed by atoms with Crippen LogP contribution in [0.1, 0.15) is 37.2 Å². The van der Waals surface area contributed by atoms with Crippen molar-refractivity contribution in [3.05, 3.63) is 72.7 Å². The number of fused-ring (bicyclic) bond motifs is 2. The Kier molecular flexibility index (Phi) is 7.83. The summed E-state index contributed by atoms with van der Waals surface area (Å²) < 4.78 is 34.3. The van der Waals surface area contributed by atoms with Crippen molar-refractivity contribution in [2.24, 2.45) is 0 Å². The first-order chi connectivity index (χ1) is 22.4. The Balaban J connectivity index is 1.20. The van der Waals surface area contributed by atoms with Crippen molar-refractivity contribution in [2.75, 3.05) is 38.4 Å². The Morgan fingerprint density at radius 2 is 1.80 bits per heavy atom. The molecule has 0 spiro atoms. The number of pyridine rings is 1. The minimum Gasteiger partial charge on any atom is -0.494 e. The number of amides is 1. The summed E-state index contributed by atoms with van der Waals surface area (Å²) in [5.74, 6) is 1.34. The lowest BCUT2D eigenvalue weighted by atomic mass is 10.1. The van der Waals surface area contributed by atoms with E-state index >= 15 is 0 Å². The number of likely N-dealkylation sites (tertiary alicyclic amines) is 1. The van der Waals surface area contributed by atoms with Gasteiger partial charge in [0.05, 0.1) is 31.1 Å². The van der Waals surface area contributed by atoms with E-state index < -0.39 is 11.7 Å². The zero-order valence-corrected chi connectivity index (χ0v) is 25.7. The number of ether oxygens (including phenoxy) is 3. The van der Waals surface area contributed by atoms with Crippen molar-refractivity contribution in [1.82, 2.24) is 29.5 Å². The van der Waals surface area contributed by atoms with Gasteiger partial charge in [0.15, 0.2) is 11.5 Å². The van der Waals surface area contributed by atoms with Crippen LogP contribution < -0.4 is 24.8 Å². The Hall–Kier alpha value is -5.30. The van der Waals surface area contributed by atoms with Crippen molar-refractivity contribution >= 4 is 39.6 Å². The lowest BCUT2D eigenvalue weighted by Crippen LogP contribution is -2.24. The summed E-state index contributed by atoms with van der Waals surface area (Å²) in [4.78, 5) is 28.1. The predicted molar refractivity (Wildman–Crippen MR) is 171 cm³/mol. The number of hydrogen-bond donors (Lipinski definition) is 2. The smallest absolute Gasteiger partial charge is 0.284 e. The molecule has 1 saturated heterocycles. The Morgan fingerprint density at radius 1 is 0.978 bits per heavy atom. The summed E-state index contributed by atoms with van der Waals surface area (Å²) in [6, 6.07) is 10.8. The zero-order valence-electron chi connectivity index (χ0n) is 25.7. The van der Waals surface area contributed by atoms with E-state index in [1.165, 1.54) is 25.8 Å². The molecular weight excluding hydrogens is 591 g/mol. The lowest BCUT2D eigenvalue weighted by molar-refractivity contribution is -0.114. The second kappa shape index (κ2) is 12.2. The van der Waals surface area contributed by atoms with Gasteiger partial charge >= 0.3 is 0 Å². The van der Waals surface area contributed by atoms with Crippen LogP contribution in [0.2, 0.25) is 0 Å². The molecule has 2 N–H and O–H groups in total. The third kappa shape index (κ3) is 5.88. The van der Waals surface area contributed by atoms with Gasteiger partial charge in [-0.3, -0.25) is 9.69 Å². The van der Waals surface area contributed by atoms with Crippen LogP contribution in [0.25, 0.3) is 16.6 Å². The molecular formula is C33H33FN8O4. The lowest BCUT2D eigenvalue weighted by Gasteiger charge is -2.18. The van der Waals surface area contributed by atoms with Gasteiger partial charge in [0.25, 0.3) is 5.91 Å². The fourth-order valence-electron chi connectivity index (χ4n) is 5.78. The van der Waals surface area contributed by atoms with Gasteiger partial charge in [-0.2, -0.15) is 5.10 Å². The topological polar surface area (TPSA) is 128 Å². The molecule has 0 radical (unpaired) electrons. The van der Waals surface area contributed by atoms with Gasteiger partial charge in [-0.05, 0) is 69.5 Å². The SMILES string of the molecule is COc1cc2ncnc(Nc3cc(C4CC4)c(Oc4ccn5ncnc5c4)cc3OC)c2cc1NC(=O)/C(F)=C\[C@H]1CCCN1C. The molecule has 1 saturated carbocycles. The van der Waals surface area contributed by atoms with Crippen LogP contribution in [0.15, 0.2) is 67.2 Å². The van der Waals surface area contributed by atoms with Crippen LogP contribution in [0.5, 0.6) is 23.0 Å². The van der Waals surface area contributed by atoms with Crippen molar-refractivity contribution in [3.8, 4) is 23.0 Å². The summed E-state index contributed by atoms with van der Waals surface area (Å²) in [5.41, 5.74) is 3.26. The maximum Gasteiger partial charge on any atom is 0.284 e. The summed E-state index contributed by atoms with van der Waals surface area (Å²) in [6.07, 6.45) is 9.97. The molecule has 7 rings (SSSR count). The molecule has 0 unspecified atom stereocenters. The van der Waals surface area contributed by atoms with Crippen molar-refractivity contribution in [2.45, 2.75) is 37.6 Å². The number of nitrogens with one attached hydrogen (secondary N) is 2. The number of aromatic nitrogens is 5. The van der Waals surface area contributed by atoms with E-state index in [9.17, 15) is 9.18 Å². The monoisotopic (exact) mass is 624 g/mol. The van der Waals surface area contributed by atoms with E-state index in [1.54, 1.807) is 30.0 Å². The normalized spacial score (nSPS) is 17.0. The molecule has 1 aliphatic carbocycles. The molecule has 1 atom stereocenters. The fourth-order valence-corrected chi connectivity index (χ4v) is 5.78. The van der Waals surface area contributed by atoms with E-state index in [4.69, 9.17) is 14.2 Å². The van der Waals surface area contributed by atoms with Crippen LogP contribution in [-0.2, 0) is 4.79 Å². The summed E-state index contributed by atoms with van der Waals surface area (Å²) in [7, 11) is 4.99. The minimum absolute atomic E-state index is 0.113. The molecule has 3 aromatic heterocycles. The van der Waals surface area contributed by atoms with Gasteiger partial charge < -0.3 is 24.8 Å². The van der Waals surface area contributed by atoms with Crippen LogP contribution in [0, 0.1) is 0 Å². The standard InChI is InChI=1S/C33H33FN8O4/c1-41-9-4-5-20(41)11-24(34)33(43)40-27-14-23-25(15-29(27)44-2)35-17-37-32(23)39-26-13-22(19-6-7-19)28(16-30(26)45-3)46-21-8-10-42-31(12-21)36-18-38-42/h8,10-20H,4-7,9H2,1-3H3,(H,40,43)(H,35,37,39)/b24-11+/t20-/m1/s1. The molecule has 2 aliphatic rings. The van der Waals surface area contributed by atoms with Crippen LogP contribution in [0.4, 0.5) is 21.6 Å². The van der Waals surface area contributed by atoms with Crippen LogP contribution >= 0.6 is 0 Å². The maximum absolute atomic E-state index is 15.0. The minimum atomic E-state index is -0.848. The fraction of sp³-hybridized carbons (Fsp3) is 0.303. The maximum atomic E-state index is 15.0. The molecule has 2 aromatic carbocycles. The van der Waals surface area contributed by atoms with E-state index in [0.29, 0.717) is 62.7 Å². The Morgan fingerprint density at radius 3 is 2.57 bits per heavy atom. The number of carbonyl (C=O) groups excluding carboxylic acids is 1. The highest BCUT2D eigenvalue weighted by Gasteiger charge is 2.29. The summed E-state index contributed by atoms with van der Waals surface area (Å²) in [6.45, 7) is 0.868. The number of methoxy groups -OCH3 is 2. The quantitative estimate of drug-likeness (QED) is 0.179. The van der Waals surface area contributed by atoms with Gasteiger partial charge in [-0.25, -0.2) is 23.9 Å². The number of hydrogen-bond acceptors (Lipinski definition) is 10. The molecule has 4 heterocycles. The number of anilines is 3. The first kappa shape index (κ1) is 29.4. The van der Waals surface area contributed by atoms with E-state index in [-0.39, 0.29) is 6.04 Å². The van der Waals surface area contributed by atoms with Crippen LogP contribution in [0.3, 0.4) is 0 Å². The van der Waals surface area contributed by atoms with Crippen molar-refractivity contribution in [1.29, 1.82) is 0 Å². The molecule has 5 aromatic rings. The second-order valence-corrected chi connectivity index (χ2v) is 11.5. The van der Waals surface area contributed by atoms with E-state index in [2.05, 4.69) is 30.7 Å². The zero-order chi connectivity index (χ0) is 31.8. The Bertz CT molecular complexity index is 1970. The number of likely N-dealkylation sites (N-methyl/N-ethyl adjacent to an activating group) is 1. The molecule has 2 fully saturated rings. The molecule has 12 nitrogen and oxygen atoms in total. The molecule has 46 heavy (non-hydrogen) atoms. The first-order valence-corrected chi connectivity index (χ1v) is 15.1. The summed E-state index contributed by atoms with van der Waals surface area (Å²) in [5, 5.41) is 10.8. The average Bonchev–Trinajstić information content (AvgIpc) is 3.67. The van der Waals surface area contributed by atoms with E-state index in [0.717, 1.165) is 37.8 Å². The highest BCUT2D eigenvalue weighted by atomic mass is 19.1. The number of rotatable bonds is 10. The van der Waals surface area contributed by atoms with Crippen molar-refractivity contribution < 1.29 is 23.4 Å². The average molecular weight is 625 g/mol. The molecule has 1 amide bonds. The Labute approximate surface area is 264 Å². The highest BCUT2D eigenvalue weighted by Crippen LogP contribution is 2.49. The number of halogens is 1. The molecule has 0 bridgehead atoms.